The average Bonchev–Trinajstić information content (AvgIpc) is 2.42. The average molecular weight is 283 g/mol. The first-order valence-electron chi connectivity index (χ1n) is 6.62. The first-order valence-corrected chi connectivity index (χ1v) is 6.62. The lowest BCUT2D eigenvalue weighted by molar-refractivity contribution is -0.124. The summed E-state index contributed by atoms with van der Waals surface area (Å²) in [5.74, 6) is 0.185. The van der Waals surface area contributed by atoms with Crippen LogP contribution in [0.5, 0.6) is 0 Å². The van der Waals surface area contributed by atoms with E-state index in [-0.39, 0.29) is 18.1 Å². The molecule has 0 bridgehead atoms. The van der Waals surface area contributed by atoms with Gasteiger partial charge in [-0.15, -0.1) is 0 Å². The minimum atomic E-state index is -0.330. The Labute approximate surface area is 123 Å². The fourth-order valence-electron chi connectivity index (χ4n) is 1.76. The van der Waals surface area contributed by atoms with Gasteiger partial charge in [-0.1, -0.05) is 17.7 Å². The smallest absolute Gasteiger partial charge is 0.231 e. The first kappa shape index (κ1) is 14.7. The number of rotatable bonds is 5. The lowest BCUT2D eigenvalue weighted by Gasteiger charge is -2.07. The normalized spacial score (nSPS) is 10.0. The summed E-state index contributed by atoms with van der Waals surface area (Å²) < 4.78 is 0. The van der Waals surface area contributed by atoms with Gasteiger partial charge in [0.2, 0.25) is 5.91 Å². The van der Waals surface area contributed by atoms with Gasteiger partial charge >= 0.3 is 0 Å². The molecule has 0 unspecified atom stereocenters. The van der Waals surface area contributed by atoms with Crippen LogP contribution in [0.25, 0.3) is 0 Å². The summed E-state index contributed by atoms with van der Waals surface area (Å²) in [6, 6.07) is 11.5. The number of aromatic nitrogens is 1. The SMILES string of the molecule is CC(=O)CC(=O)Nc1ccc(Nc2ccc(C)cc2)nc1. The van der Waals surface area contributed by atoms with Crippen molar-refractivity contribution in [3.63, 3.8) is 0 Å². The second-order valence-electron chi connectivity index (χ2n) is 4.85. The summed E-state index contributed by atoms with van der Waals surface area (Å²) in [6.07, 6.45) is 1.43. The Morgan fingerprint density at radius 2 is 1.71 bits per heavy atom. The van der Waals surface area contributed by atoms with Crippen LogP contribution in [0.3, 0.4) is 0 Å². The third-order valence-corrected chi connectivity index (χ3v) is 2.78. The molecule has 0 saturated heterocycles. The van der Waals surface area contributed by atoms with Crippen LogP contribution in [0.2, 0.25) is 0 Å². The number of carbonyl (C=O) groups is 2. The molecule has 0 atom stereocenters. The quantitative estimate of drug-likeness (QED) is 0.827. The van der Waals surface area contributed by atoms with E-state index in [4.69, 9.17) is 0 Å². The Bertz CT molecular complexity index is 634. The van der Waals surface area contributed by atoms with Crippen molar-refractivity contribution in [2.45, 2.75) is 20.3 Å². The van der Waals surface area contributed by atoms with E-state index in [0.29, 0.717) is 11.5 Å². The zero-order valence-electron chi connectivity index (χ0n) is 12.0. The van der Waals surface area contributed by atoms with Crippen molar-refractivity contribution >= 4 is 28.9 Å². The fraction of sp³-hybridized carbons (Fsp3) is 0.188. The van der Waals surface area contributed by atoms with Crippen molar-refractivity contribution in [3.8, 4) is 0 Å². The maximum Gasteiger partial charge on any atom is 0.231 e. The van der Waals surface area contributed by atoms with E-state index in [1.54, 1.807) is 18.3 Å². The van der Waals surface area contributed by atoms with Crippen LogP contribution in [0.4, 0.5) is 17.2 Å². The van der Waals surface area contributed by atoms with Crippen molar-refractivity contribution in [1.82, 2.24) is 4.98 Å². The number of hydrogen-bond acceptors (Lipinski definition) is 4. The Kier molecular flexibility index (Phi) is 4.66. The maximum absolute atomic E-state index is 11.5. The van der Waals surface area contributed by atoms with Gasteiger partial charge in [-0.05, 0) is 38.1 Å². The molecule has 0 aliphatic rings. The zero-order valence-corrected chi connectivity index (χ0v) is 12.0. The van der Waals surface area contributed by atoms with E-state index in [2.05, 4.69) is 15.6 Å². The Balaban J connectivity index is 1.97. The molecule has 5 heteroatoms. The lowest BCUT2D eigenvalue weighted by Crippen LogP contribution is -2.14. The first-order chi connectivity index (χ1) is 10.0. The van der Waals surface area contributed by atoms with Gasteiger partial charge in [0, 0.05) is 5.69 Å². The molecule has 1 aromatic carbocycles. The maximum atomic E-state index is 11.5. The fourth-order valence-corrected chi connectivity index (χ4v) is 1.76. The largest absolute Gasteiger partial charge is 0.340 e. The van der Waals surface area contributed by atoms with Crippen LogP contribution in [-0.2, 0) is 9.59 Å². The van der Waals surface area contributed by atoms with E-state index in [1.165, 1.54) is 12.5 Å². The molecule has 0 fully saturated rings. The number of carbonyl (C=O) groups excluding carboxylic acids is 2. The number of hydrogen-bond donors (Lipinski definition) is 2. The standard InChI is InChI=1S/C16H17N3O2/c1-11-3-5-13(6-4-11)18-15-8-7-14(10-17-15)19-16(21)9-12(2)20/h3-8,10H,9H2,1-2H3,(H,17,18)(H,19,21). The summed E-state index contributed by atoms with van der Waals surface area (Å²) in [7, 11) is 0. The van der Waals surface area contributed by atoms with Crippen LogP contribution in [0, 0.1) is 6.92 Å². The second kappa shape index (κ2) is 6.65. The van der Waals surface area contributed by atoms with Crippen molar-refractivity contribution in [3.05, 3.63) is 48.2 Å². The number of nitrogens with zero attached hydrogens (tertiary/aromatic N) is 1. The van der Waals surface area contributed by atoms with E-state index in [1.807, 2.05) is 31.2 Å². The Hall–Kier alpha value is -2.69. The number of amides is 1. The molecule has 5 nitrogen and oxygen atoms in total. The number of anilines is 3. The van der Waals surface area contributed by atoms with Gasteiger partial charge in [-0.3, -0.25) is 9.59 Å². The van der Waals surface area contributed by atoms with Crippen LogP contribution in [0.15, 0.2) is 42.6 Å². The highest BCUT2D eigenvalue weighted by atomic mass is 16.2. The van der Waals surface area contributed by atoms with E-state index in [9.17, 15) is 9.59 Å². The van der Waals surface area contributed by atoms with Gasteiger partial charge in [0.05, 0.1) is 18.3 Å². The highest BCUT2D eigenvalue weighted by Gasteiger charge is 2.05. The van der Waals surface area contributed by atoms with Crippen molar-refractivity contribution in [2.75, 3.05) is 10.6 Å². The molecule has 1 amide bonds. The van der Waals surface area contributed by atoms with E-state index >= 15 is 0 Å². The zero-order chi connectivity index (χ0) is 15.2. The topological polar surface area (TPSA) is 71.1 Å². The number of ketones is 1. The van der Waals surface area contributed by atoms with Gasteiger partial charge in [-0.25, -0.2) is 4.98 Å². The molecule has 1 aromatic heterocycles. The van der Waals surface area contributed by atoms with Crippen molar-refractivity contribution in [2.24, 2.45) is 0 Å². The van der Waals surface area contributed by atoms with Crippen LogP contribution >= 0.6 is 0 Å². The molecule has 0 aliphatic heterocycles. The second-order valence-corrected chi connectivity index (χ2v) is 4.85. The molecule has 0 aliphatic carbocycles. The number of benzene rings is 1. The number of pyridine rings is 1. The number of aryl methyl sites for hydroxylation is 1. The van der Waals surface area contributed by atoms with Crippen molar-refractivity contribution in [1.29, 1.82) is 0 Å². The Morgan fingerprint density at radius 3 is 2.29 bits per heavy atom. The summed E-state index contributed by atoms with van der Waals surface area (Å²) >= 11 is 0. The number of nitrogens with one attached hydrogen (secondary N) is 2. The molecule has 2 N–H and O–H groups in total. The molecule has 21 heavy (non-hydrogen) atoms. The molecule has 2 aromatic rings. The molecular weight excluding hydrogens is 266 g/mol. The third kappa shape index (κ3) is 4.72. The summed E-state index contributed by atoms with van der Waals surface area (Å²) in [4.78, 5) is 26.5. The third-order valence-electron chi connectivity index (χ3n) is 2.78. The molecule has 2 rings (SSSR count). The Morgan fingerprint density at radius 1 is 1.05 bits per heavy atom. The summed E-state index contributed by atoms with van der Waals surface area (Å²) in [5, 5.41) is 5.79. The highest BCUT2D eigenvalue weighted by molar-refractivity contribution is 6.03. The molecule has 0 radical (unpaired) electrons. The van der Waals surface area contributed by atoms with E-state index < -0.39 is 0 Å². The molecule has 0 saturated carbocycles. The molecular formula is C16H17N3O2. The minimum Gasteiger partial charge on any atom is -0.340 e. The highest BCUT2D eigenvalue weighted by Crippen LogP contribution is 2.16. The van der Waals surface area contributed by atoms with Gasteiger partial charge in [0.15, 0.2) is 0 Å². The molecule has 1 heterocycles. The molecule has 0 spiro atoms. The predicted octanol–water partition coefficient (Wildman–Crippen LogP) is 3.05. The summed E-state index contributed by atoms with van der Waals surface area (Å²) in [5.41, 5.74) is 2.70. The molecule has 108 valence electrons. The minimum absolute atomic E-state index is 0.122. The van der Waals surface area contributed by atoms with Gasteiger partial charge < -0.3 is 10.6 Å². The van der Waals surface area contributed by atoms with Crippen molar-refractivity contribution < 1.29 is 9.59 Å². The van der Waals surface area contributed by atoms with Crippen LogP contribution in [-0.4, -0.2) is 16.7 Å². The van der Waals surface area contributed by atoms with Crippen LogP contribution in [0.1, 0.15) is 18.9 Å². The van der Waals surface area contributed by atoms with Gasteiger partial charge in [0.1, 0.15) is 11.6 Å². The number of Topliss-reactive ketones (excluding diaryl/α,β-unsaturated/α-hetero) is 1. The predicted molar refractivity (Wildman–Crippen MR) is 82.6 cm³/mol. The summed E-state index contributed by atoms with van der Waals surface area (Å²) in [6.45, 7) is 3.41. The van der Waals surface area contributed by atoms with Gasteiger partial charge in [0.25, 0.3) is 0 Å². The van der Waals surface area contributed by atoms with Gasteiger partial charge in [-0.2, -0.15) is 0 Å². The monoisotopic (exact) mass is 283 g/mol. The lowest BCUT2D eigenvalue weighted by atomic mass is 10.2. The van der Waals surface area contributed by atoms with E-state index in [0.717, 1.165) is 5.69 Å². The van der Waals surface area contributed by atoms with Crippen LogP contribution < -0.4 is 10.6 Å².